The molecule has 1 fully saturated rings. The van der Waals surface area contributed by atoms with Crippen molar-refractivity contribution in [2.24, 2.45) is 0 Å². The van der Waals surface area contributed by atoms with Gasteiger partial charge in [0.15, 0.2) is 0 Å². The Morgan fingerprint density at radius 1 is 1.31 bits per heavy atom. The average molecular weight is 198 g/mol. The number of hydrogen-bond donors (Lipinski definition) is 2. The van der Waals surface area contributed by atoms with Crippen molar-refractivity contribution in [1.82, 2.24) is 20.1 Å². The zero-order chi connectivity index (χ0) is 9.10. The molecular weight excluding hydrogens is 184 g/mol. The van der Waals surface area contributed by atoms with Gasteiger partial charge in [0.2, 0.25) is 4.77 Å². The van der Waals surface area contributed by atoms with Crippen LogP contribution in [0.15, 0.2) is 0 Å². The predicted octanol–water partition coefficient (Wildman–Crippen LogP) is 1.11. The summed E-state index contributed by atoms with van der Waals surface area (Å²) in [6.07, 6.45) is 3.65. The van der Waals surface area contributed by atoms with Crippen LogP contribution in [0.25, 0.3) is 0 Å². The van der Waals surface area contributed by atoms with Crippen LogP contribution in [-0.2, 0) is 6.42 Å². The molecule has 2 N–H and O–H groups in total. The van der Waals surface area contributed by atoms with Gasteiger partial charge in [0.1, 0.15) is 5.82 Å². The third kappa shape index (κ3) is 2.38. The molecule has 0 atom stereocenters. The number of nitrogens with one attached hydrogen (secondary N) is 2. The van der Waals surface area contributed by atoms with E-state index in [9.17, 15) is 0 Å². The highest BCUT2D eigenvalue weighted by Crippen LogP contribution is 2.07. The van der Waals surface area contributed by atoms with Crippen molar-refractivity contribution in [2.45, 2.75) is 19.3 Å². The minimum atomic E-state index is 0.552. The van der Waals surface area contributed by atoms with E-state index in [-0.39, 0.29) is 0 Å². The number of rotatable bonds is 3. The van der Waals surface area contributed by atoms with Gasteiger partial charge in [0.25, 0.3) is 0 Å². The molecule has 1 saturated heterocycles. The van der Waals surface area contributed by atoms with Gasteiger partial charge in [0, 0.05) is 13.0 Å². The number of nitrogens with zero attached hydrogens (tertiary/aromatic N) is 2. The summed E-state index contributed by atoms with van der Waals surface area (Å²) in [6.45, 7) is 3.58. The van der Waals surface area contributed by atoms with E-state index in [0.29, 0.717) is 4.77 Å². The van der Waals surface area contributed by atoms with Gasteiger partial charge in [-0.15, -0.1) is 0 Å². The van der Waals surface area contributed by atoms with Gasteiger partial charge in [0.05, 0.1) is 0 Å². The molecule has 72 valence electrons. The molecule has 0 saturated carbocycles. The van der Waals surface area contributed by atoms with Gasteiger partial charge in [-0.3, -0.25) is 10.2 Å². The van der Waals surface area contributed by atoms with Crippen LogP contribution in [-0.4, -0.2) is 39.7 Å². The van der Waals surface area contributed by atoms with Crippen molar-refractivity contribution in [3.8, 4) is 0 Å². The molecule has 0 amide bonds. The normalized spacial score (nSPS) is 18.2. The third-order valence-corrected chi connectivity index (χ3v) is 2.61. The molecule has 4 nitrogen and oxygen atoms in total. The number of aromatic nitrogens is 3. The Kier molecular flexibility index (Phi) is 2.75. The summed E-state index contributed by atoms with van der Waals surface area (Å²) >= 11 is 4.87. The highest BCUT2D eigenvalue weighted by Gasteiger charge is 2.11. The largest absolute Gasteiger partial charge is 0.303 e. The molecule has 2 heterocycles. The first-order valence-electron chi connectivity index (χ1n) is 4.70. The Balaban J connectivity index is 1.82. The first kappa shape index (κ1) is 8.90. The summed E-state index contributed by atoms with van der Waals surface area (Å²) in [5.41, 5.74) is 0. The van der Waals surface area contributed by atoms with Crippen molar-refractivity contribution >= 4 is 12.2 Å². The number of H-pyrrole nitrogens is 2. The fraction of sp³-hybridized carbons (Fsp3) is 0.750. The van der Waals surface area contributed by atoms with Crippen molar-refractivity contribution in [2.75, 3.05) is 19.6 Å². The van der Waals surface area contributed by atoms with Crippen molar-refractivity contribution < 1.29 is 0 Å². The maximum absolute atomic E-state index is 4.87. The first-order chi connectivity index (χ1) is 6.34. The SMILES string of the molecule is S=c1nc(CCN2CCCC2)[nH][nH]1. The zero-order valence-electron chi connectivity index (χ0n) is 7.55. The second-order valence-corrected chi connectivity index (χ2v) is 3.80. The Morgan fingerprint density at radius 2 is 2.08 bits per heavy atom. The van der Waals surface area contributed by atoms with E-state index >= 15 is 0 Å². The predicted molar refractivity (Wildman–Crippen MR) is 53.2 cm³/mol. The van der Waals surface area contributed by atoms with Crippen molar-refractivity contribution in [1.29, 1.82) is 0 Å². The topological polar surface area (TPSA) is 47.7 Å². The number of likely N-dealkylation sites (tertiary alicyclic amines) is 1. The van der Waals surface area contributed by atoms with E-state index in [1.165, 1.54) is 25.9 Å². The molecule has 1 aliphatic heterocycles. The third-order valence-electron chi connectivity index (χ3n) is 2.41. The number of aromatic amines is 2. The average Bonchev–Trinajstić information content (AvgIpc) is 2.71. The van der Waals surface area contributed by atoms with Crippen LogP contribution >= 0.6 is 12.2 Å². The van der Waals surface area contributed by atoms with E-state index in [1.54, 1.807) is 0 Å². The smallest absolute Gasteiger partial charge is 0.213 e. The van der Waals surface area contributed by atoms with Crippen LogP contribution < -0.4 is 0 Å². The zero-order valence-corrected chi connectivity index (χ0v) is 8.36. The van der Waals surface area contributed by atoms with E-state index in [2.05, 4.69) is 20.1 Å². The molecule has 0 aromatic carbocycles. The molecule has 0 unspecified atom stereocenters. The van der Waals surface area contributed by atoms with Gasteiger partial charge in [-0.05, 0) is 38.1 Å². The Hall–Kier alpha value is -0.680. The molecule has 2 rings (SSSR count). The maximum atomic E-state index is 4.87. The van der Waals surface area contributed by atoms with E-state index in [1.807, 2.05) is 0 Å². The summed E-state index contributed by atoms with van der Waals surface area (Å²) in [4.78, 5) is 6.61. The van der Waals surface area contributed by atoms with Crippen LogP contribution in [0.1, 0.15) is 18.7 Å². The molecule has 0 spiro atoms. The summed E-state index contributed by atoms with van der Waals surface area (Å²) < 4.78 is 0.552. The second-order valence-electron chi connectivity index (χ2n) is 3.41. The summed E-state index contributed by atoms with van der Waals surface area (Å²) in [7, 11) is 0. The standard InChI is InChI=1S/C8H14N4S/c13-8-9-7(10-11-8)3-6-12-4-1-2-5-12/h1-6H2,(H2,9,10,11,13). The van der Waals surface area contributed by atoms with E-state index in [0.717, 1.165) is 18.8 Å². The molecule has 1 aromatic rings. The van der Waals surface area contributed by atoms with Gasteiger partial charge in [-0.25, -0.2) is 4.98 Å². The van der Waals surface area contributed by atoms with E-state index in [4.69, 9.17) is 12.2 Å². The summed E-state index contributed by atoms with van der Waals surface area (Å²) in [6, 6.07) is 0. The first-order valence-corrected chi connectivity index (χ1v) is 5.11. The molecule has 0 aliphatic carbocycles. The highest BCUT2D eigenvalue weighted by atomic mass is 32.1. The molecular formula is C8H14N4S. The lowest BCUT2D eigenvalue weighted by molar-refractivity contribution is 0.341. The van der Waals surface area contributed by atoms with Gasteiger partial charge < -0.3 is 4.90 Å². The van der Waals surface area contributed by atoms with Crippen LogP contribution in [0.4, 0.5) is 0 Å². The maximum Gasteiger partial charge on any atom is 0.213 e. The fourth-order valence-electron chi connectivity index (χ4n) is 1.69. The molecule has 1 aliphatic rings. The van der Waals surface area contributed by atoms with Crippen LogP contribution in [0.2, 0.25) is 0 Å². The lowest BCUT2D eigenvalue weighted by Gasteiger charge is -2.12. The molecule has 1 aromatic heterocycles. The van der Waals surface area contributed by atoms with Crippen LogP contribution in [0.5, 0.6) is 0 Å². The Morgan fingerprint density at radius 3 is 2.69 bits per heavy atom. The Bertz CT molecular complexity index is 310. The van der Waals surface area contributed by atoms with Crippen molar-refractivity contribution in [3.63, 3.8) is 0 Å². The highest BCUT2D eigenvalue weighted by molar-refractivity contribution is 7.71. The Labute approximate surface area is 82.4 Å². The number of hydrogen-bond acceptors (Lipinski definition) is 3. The lowest BCUT2D eigenvalue weighted by Crippen LogP contribution is -2.22. The quantitative estimate of drug-likeness (QED) is 0.715. The minimum absolute atomic E-state index is 0.552. The van der Waals surface area contributed by atoms with Crippen molar-refractivity contribution in [3.05, 3.63) is 10.6 Å². The van der Waals surface area contributed by atoms with Crippen LogP contribution in [0.3, 0.4) is 0 Å². The summed E-state index contributed by atoms with van der Waals surface area (Å²) in [5, 5.41) is 5.77. The van der Waals surface area contributed by atoms with Gasteiger partial charge in [-0.1, -0.05) is 0 Å². The second kappa shape index (κ2) is 4.02. The fourth-order valence-corrected chi connectivity index (χ4v) is 1.85. The molecule has 0 bridgehead atoms. The van der Waals surface area contributed by atoms with Gasteiger partial charge in [-0.2, -0.15) is 0 Å². The van der Waals surface area contributed by atoms with Gasteiger partial charge >= 0.3 is 0 Å². The molecule has 13 heavy (non-hydrogen) atoms. The van der Waals surface area contributed by atoms with E-state index < -0.39 is 0 Å². The molecule has 0 radical (unpaired) electrons. The van der Waals surface area contributed by atoms with Crippen LogP contribution in [0, 0.1) is 4.77 Å². The minimum Gasteiger partial charge on any atom is -0.303 e. The summed E-state index contributed by atoms with van der Waals surface area (Å²) in [5.74, 6) is 0.969. The lowest BCUT2D eigenvalue weighted by atomic mass is 10.4. The molecule has 5 heteroatoms. The monoisotopic (exact) mass is 198 g/mol.